The fraction of sp³-hybridized carbons (Fsp3) is 0.611. The van der Waals surface area contributed by atoms with Crippen LogP contribution in [0.1, 0.15) is 51.7 Å². The Morgan fingerprint density at radius 2 is 2.14 bits per heavy atom. The molecule has 0 radical (unpaired) electrons. The number of nitriles is 1. The van der Waals surface area contributed by atoms with E-state index in [9.17, 15) is 5.26 Å². The van der Waals surface area contributed by atoms with E-state index in [2.05, 4.69) is 56.1 Å². The Balaban J connectivity index is 2.16. The van der Waals surface area contributed by atoms with Gasteiger partial charge < -0.3 is 10.2 Å². The van der Waals surface area contributed by atoms with Crippen molar-refractivity contribution in [2.45, 2.75) is 52.6 Å². The van der Waals surface area contributed by atoms with Crippen LogP contribution in [0, 0.1) is 17.2 Å². The van der Waals surface area contributed by atoms with E-state index >= 15 is 0 Å². The van der Waals surface area contributed by atoms with Crippen molar-refractivity contribution in [3.63, 3.8) is 0 Å². The lowest BCUT2D eigenvalue weighted by Crippen LogP contribution is -2.38. The van der Waals surface area contributed by atoms with E-state index < -0.39 is 0 Å². The van der Waals surface area contributed by atoms with Crippen molar-refractivity contribution in [2.75, 3.05) is 18.0 Å². The molecule has 1 saturated heterocycles. The van der Waals surface area contributed by atoms with Crippen LogP contribution in [0.5, 0.6) is 0 Å². The second-order valence-corrected chi connectivity index (χ2v) is 7.06. The van der Waals surface area contributed by atoms with E-state index in [-0.39, 0.29) is 5.54 Å². The summed E-state index contributed by atoms with van der Waals surface area (Å²) >= 11 is 0. The maximum atomic E-state index is 9.49. The fourth-order valence-corrected chi connectivity index (χ4v) is 3.08. The van der Waals surface area contributed by atoms with Gasteiger partial charge in [-0.3, -0.25) is 0 Å². The minimum atomic E-state index is 0.156. The Bertz CT molecular complexity index is 526. The number of benzene rings is 1. The third-order valence-electron chi connectivity index (χ3n) is 4.25. The van der Waals surface area contributed by atoms with Gasteiger partial charge in [0.15, 0.2) is 0 Å². The highest BCUT2D eigenvalue weighted by molar-refractivity contribution is 5.62. The van der Waals surface area contributed by atoms with Crippen LogP contribution in [0.4, 0.5) is 5.69 Å². The molecule has 1 aliphatic rings. The smallest absolute Gasteiger partial charge is 0.101 e. The van der Waals surface area contributed by atoms with Crippen molar-refractivity contribution in [1.82, 2.24) is 5.32 Å². The van der Waals surface area contributed by atoms with Crippen molar-refractivity contribution in [3.8, 4) is 6.07 Å². The monoisotopic (exact) mass is 285 g/mol. The summed E-state index contributed by atoms with van der Waals surface area (Å²) in [4.78, 5) is 2.39. The Morgan fingerprint density at radius 1 is 1.38 bits per heavy atom. The first-order valence-electron chi connectivity index (χ1n) is 7.95. The summed E-state index contributed by atoms with van der Waals surface area (Å²) in [5.74, 6) is 0.644. The molecule has 3 nitrogen and oxygen atoms in total. The normalized spacial score (nSPS) is 17.2. The van der Waals surface area contributed by atoms with Gasteiger partial charge >= 0.3 is 0 Å². The van der Waals surface area contributed by atoms with E-state index in [1.54, 1.807) is 0 Å². The molecule has 0 aliphatic carbocycles. The van der Waals surface area contributed by atoms with Crippen LogP contribution in [-0.4, -0.2) is 18.6 Å². The van der Waals surface area contributed by atoms with Gasteiger partial charge in [0.2, 0.25) is 0 Å². The van der Waals surface area contributed by atoms with E-state index in [1.165, 1.54) is 18.4 Å². The van der Waals surface area contributed by atoms with Gasteiger partial charge in [-0.1, -0.05) is 19.9 Å². The van der Waals surface area contributed by atoms with Crippen LogP contribution >= 0.6 is 0 Å². The molecule has 0 bridgehead atoms. The lowest BCUT2D eigenvalue weighted by Gasteiger charge is -2.34. The molecule has 114 valence electrons. The fourth-order valence-electron chi connectivity index (χ4n) is 3.08. The largest absolute Gasteiger partial charge is 0.365 e. The SMILES string of the molecule is CC(C)CNCc1ccc(N2CCCC2(C)C)c(C#N)c1. The molecular formula is C18H27N3. The summed E-state index contributed by atoms with van der Waals surface area (Å²) in [7, 11) is 0. The molecule has 1 N–H and O–H groups in total. The average Bonchev–Trinajstić information content (AvgIpc) is 2.77. The van der Waals surface area contributed by atoms with Crippen LogP contribution in [0.2, 0.25) is 0 Å². The van der Waals surface area contributed by atoms with Crippen LogP contribution in [0.3, 0.4) is 0 Å². The summed E-state index contributed by atoms with van der Waals surface area (Å²) in [6.45, 7) is 11.8. The van der Waals surface area contributed by atoms with Gasteiger partial charge in [0.25, 0.3) is 0 Å². The van der Waals surface area contributed by atoms with Crippen molar-refractivity contribution in [1.29, 1.82) is 5.26 Å². The first-order valence-corrected chi connectivity index (χ1v) is 7.95. The summed E-state index contributed by atoms with van der Waals surface area (Å²) in [5, 5.41) is 12.9. The van der Waals surface area contributed by atoms with Gasteiger partial charge in [0.1, 0.15) is 6.07 Å². The first kappa shape index (κ1) is 15.9. The zero-order valence-electron chi connectivity index (χ0n) is 13.7. The third kappa shape index (κ3) is 3.77. The molecule has 1 aliphatic heterocycles. The van der Waals surface area contributed by atoms with Gasteiger partial charge in [-0.15, -0.1) is 0 Å². The van der Waals surface area contributed by atoms with Crippen LogP contribution in [0.25, 0.3) is 0 Å². The van der Waals surface area contributed by atoms with Crippen molar-refractivity contribution >= 4 is 5.69 Å². The summed E-state index contributed by atoms with van der Waals surface area (Å²) in [6, 6.07) is 8.69. The molecule has 0 atom stereocenters. The minimum Gasteiger partial charge on any atom is -0.365 e. The first-order chi connectivity index (χ1) is 9.94. The predicted molar refractivity (Wildman–Crippen MR) is 88.4 cm³/mol. The summed E-state index contributed by atoms with van der Waals surface area (Å²) in [6.07, 6.45) is 2.39. The number of hydrogen-bond acceptors (Lipinski definition) is 3. The topological polar surface area (TPSA) is 39.1 Å². The lowest BCUT2D eigenvalue weighted by atomic mass is 10.00. The molecule has 0 unspecified atom stereocenters. The molecule has 1 aromatic carbocycles. The standard InChI is InChI=1S/C18H27N3/c1-14(2)12-20-13-15-6-7-17(16(10-15)11-19)21-9-5-8-18(21,3)4/h6-7,10,14,20H,5,8-9,12-13H2,1-4H3. The van der Waals surface area contributed by atoms with E-state index in [1.807, 2.05) is 6.07 Å². The van der Waals surface area contributed by atoms with Gasteiger partial charge in [-0.2, -0.15) is 5.26 Å². The molecule has 3 heteroatoms. The van der Waals surface area contributed by atoms with E-state index in [0.29, 0.717) is 5.92 Å². The van der Waals surface area contributed by atoms with Gasteiger partial charge in [0, 0.05) is 18.6 Å². The minimum absolute atomic E-state index is 0.156. The lowest BCUT2D eigenvalue weighted by molar-refractivity contribution is 0.517. The van der Waals surface area contributed by atoms with Gasteiger partial charge in [-0.05, 0) is 56.8 Å². The highest BCUT2D eigenvalue weighted by atomic mass is 15.2. The molecule has 2 rings (SSSR count). The van der Waals surface area contributed by atoms with Crippen molar-refractivity contribution in [2.24, 2.45) is 5.92 Å². The number of rotatable bonds is 5. The Kier molecular flexibility index (Phi) is 4.90. The van der Waals surface area contributed by atoms with E-state index in [4.69, 9.17) is 0 Å². The Morgan fingerprint density at radius 3 is 2.71 bits per heavy atom. The average molecular weight is 285 g/mol. The molecular weight excluding hydrogens is 258 g/mol. The molecule has 0 aromatic heterocycles. The molecule has 1 aromatic rings. The van der Waals surface area contributed by atoms with Gasteiger partial charge in [0.05, 0.1) is 11.3 Å². The van der Waals surface area contributed by atoms with Gasteiger partial charge in [-0.25, -0.2) is 0 Å². The number of hydrogen-bond donors (Lipinski definition) is 1. The highest BCUT2D eigenvalue weighted by Crippen LogP contribution is 2.35. The molecule has 1 heterocycles. The van der Waals surface area contributed by atoms with Crippen LogP contribution in [0.15, 0.2) is 18.2 Å². The van der Waals surface area contributed by atoms with Crippen molar-refractivity contribution < 1.29 is 0 Å². The molecule has 0 spiro atoms. The van der Waals surface area contributed by atoms with E-state index in [0.717, 1.165) is 30.9 Å². The zero-order chi connectivity index (χ0) is 15.5. The maximum absolute atomic E-state index is 9.49. The molecule has 0 amide bonds. The van der Waals surface area contributed by atoms with Crippen molar-refractivity contribution in [3.05, 3.63) is 29.3 Å². The molecule has 0 saturated carbocycles. The van der Waals surface area contributed by atoms with Crippen LogP contribution < -0.4 is 10.2 Å². The maximum Gasteiger partial charge on any atom is 0.101 e. The molecule has 21 heavy (non-hydrogen) atoms. The third-order valence-corrected chi connectivity index (χ3v) is 4.25. The number of anilines is 1. The quantitative estimate of drug-likeness (QED) is 0.897. The number of nitrogens with one attached hydrogen (secondary N) is 1. The zero-order valence-corrected chi connectivity index (χ0v) is 13.7. The van der Waals surface area contributed by atoms with Crippen LogP contribution in [-0.2, 0) is 6.54 Å². The second kappa shape index (κ2) is 6.49. The molecule has 1 fully saturated rings. The summed E-state index contributed by atoms with van der Waals surface area (Å²) in [5.41, 5.74) is 3.23. The Labute approximate surface area is 129 Å². The number of nitrogens with zero attached hydrogens (tertiary/aromatic N) is 2. The second-order valence-electron chi connectivity index (χ2n) is 7.06. The Hall–Kier alpha value is -1.53. The predicted octanol–water partition coefficient (Wildman–Crippen LogP) is 3.68. The summed E-state index contributed by atoms with van der Waals surface area (Å²) < 4.78 is 0. The highest BCUT2D eigenvalue weighted by Gasteiger charge is 2.33.